The number of hydrogen-bond acceptors (Lipinski definition) is 3. The van der Waals surface area contributed by atoms with E-state index in [4.69, 9.17) is 15.7 Å². The Hall–Kier alpha value is -1.23. The van der Waals surface area contributed by atoms with Gasteiger partial charge in [-0.25, -0.2) is 0 Å². The molecule has 0 aliphatic rings. The second-order valence-electron chi connectivity index (χ2n) is 2.97. The highest BCUT2D eigenvalue weighted by Crippen LogP contribution is 2.23. The van der Waals surface area contributed by atoms with Crippen molar-refractivity contribution < 1.29 is 9.94 Å². The predicted octanol–water partition coefficient (Wildman–Crippen LogP) is 2.33. The molecule has 0 fully saturated rings. The van der Waals surface area contributed by atoms with E-state index in [2.05, 4.69) is 21.1 Å². The minimum atomic E-state index is 0.0496. The van der Waals surface area contributed by atoms with Gasteiger partial charge in [0.15, 0.2) is 5.84 Å². The number of halogens is 1. The van der Waals surface area contributed by atoms with Crippen molar-refractivity contribution in [2.24, 2.45) is 10.9 Å². The highest BCUT2D eigenvalue weighted by Gasteiger charge is 2.08. The molecule has 1 aromatic carbocycles. The molecule has 0 spiro atoms. The Morgan fingerprint density at radius 2 is 2.33 bits per heavy atom. The van der Waals surface area contributed by atoms with Crippen LogP contribution in [0.25, 0.3) is 0 Å². The van der Waals surface area contributed by atoms with Crippen LogP contribution in [0.15, 0.2) is 27.8 Å². The molecule has 0 saturated carbocycles. The van der Waals surface area contributed by atoms with Gasteiger partial charge in [-0.15, -0.1) is 0 Å². The number of oxime groups is 1. The van der Waals surface area contributed by atoms with Crippen molar-refractivity contribution in [1.29, 1.82) is 0 Å². The van der Waals surface area contributed by atoms with Gasteiger partial charge in [0, 0.05) is 4.47 Å². The van der Waals surface area contributed by atoms with E-state index >= 15 is 0 Å². The van der Waals surface area contributed by atoms with E-state index in [-0.39, 0.29) is 5.84 Å². The van der Waals surface area contributed by atoms with Crippen LogP contribution in [0, 0.1) is 0 Å². The Kier molecular flexibility index (Phi) is 4.42. The standard InChI is InChI=1S/C10H13BrN2O2/c1-2-5-15-9-6-7(11)3-4-8(9)10(12)13-14/h3-4,6,14H,2,5H2,1H3,(H2,12,13). The summed E-state index contributed by atoms with van der Waals surface area (Å²) in [5.41, 5.74) is 6.11. The molecule has 0 bridgehead atoms. The van der Waals surface area contributed by atoms with Gasteiger partial charge in [0.05, 0.1) is 12.2 Å². The van der Waals surface area contributed by atoms with Crippen LogP contribution >= 0.6 is 15.9 Å². The van der Waals surface area contributed by atoms with Crippen LogP contribution < -0.4 is 10.5 Å². The maximum atomic E-state index is 8.60. The number of hydrogen-bond donors (Lipinski definition) is 2. The predicted molar refractivity (Wildman–Crippen MR) is 62.4 cm³/mol. The molecule has 0 aliphatic heterocycles. The second kappa shape index (κ2) is 5.60. The van der Waals surface area contributed by atoms with Crippen LogP contribution in [-0.4, -0.2) is 17.6 Å². The van der Waals surface area contributed by atoms with Crippen molar-refractivity contribution in [3.05, 3.63) is 28.2 Å². The third-order valence-corrected chi connectivity index (χ3v) is 2.28. The zero-order chi connectivity index (χ0) is 11.3. The Morgan fingerprint density at radius 1 is 1.60 bits per heavy atom. The van der Waals surface area contributed by atoms with Crippen LogP contribution in [0.4, 0.5) is 0 Å². The summed E-state index contributed by atoms with van der Waals surface area (Å²) < 4.78 is 6.38. The first-order valence-electron chi connectivity index (χ1n) is 4.59. The number of benzene rings is 1. The minimum absolute atomic E-state index is 0.0496. The molecular formula is C10H13BrN2O2. The van der Waals surface area contributed by atoms with Gasteiger partial charge < -0.3 is 15.7 Å². The summed E-state index contributed by atoms with van der Waals surface area (Å²) in [6.07, 6.45) is 0.905. The van der Waals surface area contributed by atoms with E-state index < -0.39 is 0 Å². The average Bonchev–Trinajstić information content (AvgIpc) is 2.25. The molecule has 0 heterocycles. The second-order valence-corrected chi connectivity index (χ2v) is 3.89. The molecule has 0 unspecified atom stereocenters. The maximum Gasteiger partial charge on any atom is 0.173 e. The fourth-order valence-electron chi connectivity index (χ4n) is 1.09. The van der Waals surface area contributed by atoms with Gasteiger partial charge in [-0.1, -0.05) is 28.0 Å². The maximum absolute atomic E-state index is 8.60. The first-order chi connectivity index (χ1) is 7.19. The van der Waals surface area contributed by atoms with Gasteiger partial charge in [-0.05, 0) is 24.6 Å². The quantitative estimate of drug-likeness (QED) is 0.383. The third-order valence-electron chi connectivity index (χ3n) is 1.79. The summed E-state index contributed by atoms with van der Waals surface area (Å²) in [4.78, 5) is 0. The van der Waals surface area contributed by atoms with Crippen molar-refractivity contribution in [2.45, 2.75) is 13.3 Å². The van der Waals surface area contributed by atoms with Crippen molar-refractivity contribution in [3.8, 4) is 5.75 Å². The van der Waals surface area contributed by atoms with Crippen LogP contribution in [0.3, 0.4) is 0 Å². The van der Waals surface area contributed by atoms with E-state index in [1.54, 1.807) is 12.1 Å². The Bertz CT molecular complexity index is 366. The van der Waals surface area contributed by atoms with E-state index in [0.717, 1.165) is 10.9 Å². The van der Waals surface area contributed by atoms with Crippen molar-refractivity contribution in [1.82, 2.24) is 0 Å². The zero-order valence-corrected chi connectivity index (χ0v) is 9.99. The summed E-state index contributed by atoms with van der Waals surface area (Å²) in [5.74, 6) is 0.662. The summed E-state index contributed by atoms with van der Waals surface area (Å²) >= 11 is 3.34. The molecule has 0 atom stereocenters. The lowest BCUT2D eigenvalue weighted by molar-refractivity contribution is 0.311. The Morgan fingerprint density at radius 3 is 2.93 bits per heavy atom. The van der Waals surface area contributed by atoms with Gasteiger partial charge in [0.1, 0.15) is 5.75 Å². The molecule has 0 saturated heterocycles. The van der Waals surface area contributed by atoms with Crippen LogP contribution in [-0.2, 0) is 0 Å². The highest BCUT2D eigenvalue weighted by atomic mass is 79.9. The SMILES string of the molecule is CCCOc1cc(Br)ccc1/C(N)=N/O. The average molecular weight is 273 g/mol. The normalized spacial score (nSPS) is 11.5. The minimum Gasteiger partial charge on any atom is -0.493 e. The van der Waals surface area contributed by atoms with Crippen molar-refractivity contribution in [3.63, 3.8) is 0 Å². The number of amidine groups is 1. The molecule has 0 amide bonds. The van der Waals surface area contributed by atoms with E-state index in [1.165, 1.54) is 0 Å². The van der Waals surface area contributed by atoms with Gasteiger partial charge in [-0.2, -0.15) is 0 Å². The first-order valence-corrected chi connectivity index (χ1v) is 5.38. The Labute approximate surface area is 96.9 Å². The molecule has 0 aromatic heterocycles. The fourth-order valence-corrected chi connectivity index (χ4v) is 1.43. The summed E-state index contributed by atoms with van der Waals surface area (Å²) in [6, 6.07) is 5.35. The number of ether oxygens (including phenoxy) is 1. The van der Waals surface area contributed by atoms with Gasteiger partial charge in [0.2, 0.25) is 0 Å². The van der Waals surface area contributed by atoms with Crippen LogP contribution in [0.5, 0.6) is 5.75 Å². The van der Waals surface area contributed by atoms with Crippen LogP contribution in [0.1, 0.15) is 18.9 Å². The topological polar surface area (TPSA) is 67.8 Å². The zero-order valence-electron chi connectivity index (χ0n) is 8.40. The number of nitrogens with two attached hydrogens (primary N) is 1. The van der Waals surface area contributed by atoms with Gasteiger partial charge in [-0.3, -0.25) is 0 Å². The molecule has 4 nitrogen and oxygen atoms in total. The van der Waals surface area contributed by atoms with Crippen molar-refractivity contribution >= 4 is 21.8 Å². The number of rotatable bonds is 4. The fraction of sp³-hybridized carbons (Fsp3) is 0.300. The van der Waals surface area contributed by atoms with E-state index in [0.29, 0.717) is 17.9 Å². The summed E-state index contributed by atoms with van der Waals surface area (Å²) in [7, 11) is 0. The third kappa shape index (κ3) is 3.13. The molecular weight excluding hydrogens is 260 g/mol. The molecule has 15 heavy (non-hydrogen) atoms. The molecule has 5 heteroatoms. The van der Waals surface area contributed by atoms with Crippen molar-refractivity contribution in [2.75, 3.05) is 6.61 Å². The lowest BCUT2D eigenvalue weighted by Gasteiger charge is -2.10. The highest BCUT2D eigenvalue weighted by molar-refractivity contribution is 9.10. The summed E-state index contributed by atoms with van der Waals surface area (Å²) in [6.45, 7) is 2.61. The van der Waals surface area contributed by atoms with E-state index in [1.807, 2.05) is 13.0 Å². The molecule has 1 aromatic rings. The first kappa shape index (κ1) is 11.8. The lowest BCUT2D eigenvalue weighted by Crippen LogP contribution is -2.15. The lowest BCUT2D eigenvalue weighted by atomic mass is 10.2. The van der Waals surface area contributed by atoms with Gasteiger partial charge in [0.25, 0.3) is 0 Å². The monoisotopic (exact) mass is 272 g/mol. The molecule has 3 N–H and O–H groups in total. The molecule has 0 aliphatic carbocycles. The van der Waals surface area contributed by atoms with Gasteiger partial charge >= 0.3 is 0 Å². The largest absolute Gasteiger partial charge is 0.493 e. The molecule has 82 valence electrons. The smallest absolute Gasteiger partial charge is 0.173 e. The van der Waals surface area contributed by atoms with Crippen LogP contribution in [0.2, 0.25) is 0 Å². The number of nitrogens with zero attached hydrogens (tertiary/aromatic N) is 1. The molecule has 1 rings (SSSR count). The summed E-state index contributed by atoms with van der Waals surface area (Å²) in [5, 5.41) is 11.6. The molecule has 0 radical (unpaired) electrons. The van der Waals surface area contributed by atoms with E-state index in [9.17, 15) is 0 Å². The Balaban J connectivity index is 3.03.